The number of nitrogens with zero attached hydrogens (tertiary/aromatic N) is 2. The Balaban J connectivity index is 2.67. The predicted octanol–water partition coefficient (Wildman–Crippen LogP) is 1.87. The monoisotopic (exact) mass is 196 g/mol. The van der Waals surface area contributed by atoms with Crippen LogP contribution in [0.5, 0.6) is 0 Å². The second kappa shape index (κ2) is 4.79. The number of imidazole rings is 1. The van der Waals surface area contributed by atoms with E-state index in [0.717, 1.165) is 12.2 Å². The molecule has 4 nitrogen and oxygen atoms in total. The Hall–Kier alpha value is -1.32. The molecule has 4 heteroatoms. The van der Waals surface area contributed by atoms with Gasteiger partial charge in [0.05, 0.1) is 6.42 Å². The van der Waals surface area contributed by atoms with Crippen molar-refractivity contribution in [3.8, 4) is 0 Å². The van der Waals surface area contributed by atoms with Gasteiger partial charge in [0, 0.05) is 24.9 Å². The number of hydrogen-bond donors (Lipinski definition) is 1. The molecule has 0 radical (unpaired) electrons. The fourth-order valence-corrected chi connectivity index (χ4v) is 1.34. The number of aryl methyl sites for hydroxylation is 1. The summed E-state index contributed by atoms with van der Waals surface area (Å²) in [6.45, 7) is 4.70. The number of aliphatic carboxylic acids is 1. The SMILES string of the molecule is CCC(C)c1nccn1CCC(=O)O. The molecular formula is C10H16N2O2. The molecule has 0 saturated carbocycles. The summed E-state index contributed by atoms with van der Waals surface area (Å²) in [6, 6.07) is 0. The van der Waals surface area contributed by atoms with Gasteiger partial charge in [0.2, 0.25) is 0 Å². The Morgan fingerprint density at radius 1 is 1.71 bits per heavy atom. The Morgan fingerprint density at radius 3 is 3.00 bits per heavy atom. The summed E-state index contributed by atoms with van der Waals surface area (Å²) in [5.74, 6) is 0.598. The molecule has 1 rings (SSSR count). The zero-order chi connectivity index (χ0) is 10.6. The first-order valence-corrected chi connectivity index (χ1v) is 4.88. The highest BCUT2D eigenvalue weighted by Crippen LogP contribution is 2.16. The Labute approximate surface area is 83.6 Å². The molecular weight excluding hydrogens is 180 g/mol. The highest BCUT2D eigenvalue weighted by atomic mass is 16.4. The summed E-state index contributed by atoms with van der Waals surface area (Å²) in [4.78, 5) is 14.6. The molecule has 0 aromatic carbocycles. The number of hydrogen-bond acceptors (Lipinski definition) is 2. The van der Waals surface area contributed by atoms with E-state index < -0.39 is 5.97 Å². The van der Waals surface area contributed by atoms with E-state index in [1.54, 1.807) is 6.20 Å². The molecule has 14 heavy (non-hydrogen) atoms. The van der Waals surface area contributed by atoms with Gasteiger partial charge in [0.25, 0.3) is 0 Å². The quantitative estimate of drug-likeness (QED) is 0.782. The summed E-state index contributed by atoms with van der Waals surface area (Å²) in [7, 11) is 0. The highest BCUT2D eigenvalue weighted by Gasteiger charge is 2.10. The second-order valence-corrected chi connectivity index (χ2v) is 3.43. The van der Waals surface area contributed by atoms with Gasteiger partial charge in [-0.25, -0.2) is 4.98 Å². The molecule has 1 heterocycles. The topological polar surface area (TPSA) is 55.1 Å². The molecule has 1 N–H and O–H groups in total. The first kappa shape index (κ1) is 10.8. The molecule has 0 aliphatic heterocycles. The van der Waals surface area contributed by atoms with Gasteiger partial charge in [0.1, 0.15) is 5.82 Å². The lowest BCUT2D eigenvalue weighted by molar-refractivity contribution is -0.137. The Bertz CT molecular complexity index is 307. The van der Waals surface area contributed by atoms with Crippen molar-refractivity contribution < 1.29 is 9.90 Å². The van der Waals surface area contributed by atoms with Crippen molar-refractivity contribution in [2.75, 3.05) is 0 Å². The van der Waals surface area contributed by atoms with Crippen molar-refractivity contribution in [1.29, 1.82) is 0 Å². The van der Waals surface area contributed by atoms with Crippen molar-refractivity contribution >= 4 is 5.97 Å². The third-order valence-corrected chi connectivity index (χ3v) is 2.37. The van der Waals surface area contributed by atoms with E-state index in [-0.39, 0.29) is 6.42 Å². The molecule has 1 atom stereocenters. The van der Waals surface area contributed by atoms with E-state index in [0.29, 0.717) is 12.5 Å². The van der Waals surface area contributed by atoms with Crippen LogP contribution in [0.25, 0.3) is 0 Å². The Kier molecular flexibility index (Phi) is 3.68. The maximum absolute atomic E-state index is 10.4. The van der Waals surface area contributed by atoms with Crippen LogP contribution in [0.4, 0.5) is 0 Å². The summed E-state index contributed by atoms with van der Waals surface area (Å²) in [6.07, 6.45) is 4.73. The van der Waals surface area contributed by atoms with Crippen LogP contribution in [0.1, 0.15) is 38.4 Å². The van der Waals surface area contributed by atoms with Gasteiger partial charge in [-0.15, -0.1) is 0 Å². The third-order valence-electron chi connectivity index (χ3n) is 2.37. The third kappa shape index (κ3) is 2.58. The second-order valence-electron chi connectivity index (χ2n) is 3.43. The van der Waals surface area contributed by atoms with Gasteiger partial charge in [-0.3, -0.25) is 4.79 Å². The fraction of sp³-hybridized carbons (Fsp3) is 0.600. The number of carbonyl (C=O) groups is 1. The van der Waals surface area contributed by atoms with Crippen molar-refractivity contribution in [1.82, 2.24) is 9.55 Å². The fourth-order valence-electron chi connectivity index (χ4n) is 1.34. The number of aromatic nitrogens is 2. The number of carboxylic acid groups (broad SMARTS) is 1. The molecule has 0 aliphatic rings. The highest BCUT2D eigenvalue weighted by molar-refractivity contribution is 5.66. The first-order valence-electron chi connectivity index (χ1n) is 4.88. The van der Waals surface area contributed by atoms with E-state index in [9.17, 15) is 4.79 Å². The lowest BCUT2D eigenvalue weighted by Gasteiger charge is -2.10. The van der Waals surface area contributed by atoms with E-state index in [4.69, 9.17) is 5.11 Å². The molecule has 0 bridgehead atoms. The number of carboxylic acids is 1. The molecule has 0 spiro atoms. The maximum atomic E-state index is 10.4. The minimum atomic E-state index is -0.770. The normalized spacial score (nSPS) is 12.7. The van der Waals surface area contributed by atoms with Crippen molar-refractivity contribution in [3.05, 3.63) is 18.2 Å². The minimum absolute atomic E-state index is 0.153. The zero-order valence-corrected chi connectivity index (χ0v) is 8.60. The molecule has 0 aliphatic carbocycles. The largest absolute Gasteiger partial charge is 0.481 e. The molecule has 1 aromatic rings. The summed E-state index contributed by atoms with van der Waals surface area (Å²) in [5, 5.41) is 8.57. The molecule has 0 saturated heterocycles. The van der Waals surface area contributed by atoms with E-state index >= 15 is 0 Å². The van der Waals surface area contributed by atoms with Crippen LogP contribution in [-0.4, -0.2) is 20.6 Å². The maximum Gasteiger partial charge on any atom is 0.305 e. The lowest BCUT2D eigenvalue weighted by atomic mass is 10.1. The molecule has 0 fully saturated rings. The van der Waals surface area contributed by atoms with Gasteiger partial charge < -0.3 is 9.67 Å². The smallest absolute Gasteiger partial charge is 0.305 e. The van der Waals surface area contributed by atoms with Crippen LogP contribution in [0.15, 0.2) is 12.4 Å². The van der Waals surface area contributed by atoms with Crippen LogP contribution in [-0.2, 0) is 11.3 Å². The van der Waals surface area contributed by atoms with E-state index in [1.165, 1.54) is 0 Å². The molecule has 1 unspecified atom stereocenters. The van der Waals surface area contributed by atoms with Crippen LogP contribution < -0.4 is 0 Å². The lowest BCUT2D eigenvalue weighted by Crippen LogP contribution is -2.09. The molecule has 78 valence electrons. The van der Waals surface area contributed by atoms with Crippen LogP contribution in [0, 0.1) is 0 Å². The van der Waals surface area contributed by atoms with Crippen molar-refractivity contribution in [2.24, 2.45) is 0 Å². The average Bonchev–Trinajstić information content (AvgIpc) is 2.61. The van der Waals surface area contributed by atoms with Gasteiger partial charge >= 0.3 is 5.97 Å². The van der Waals surface area contributed by atoms with Gasteiger partial charge in [0.15, 0.2) is 0 Å². The van der Waals surface area contributed by atoms with Crippen molar-refractivity contribution in [2.45, 2.75) is 39.2 Å². The average molecular weight is 196 g/mol. The minimum Gasteiger partial charge on any atom is -0.481 e. The summed E-state index contributed by atoms with van der Waals surface area (Å²) in [5.41, 5.74) is 0. The van der Waals surface area contributed by atoms with Crippen LogP contribution in [0.3, 0.4) is 0 Å². The first-order chi connectivity index (χ1) is 6.65. The summed E-state index contributed by atoms with van der Waals surface area (Å²) < 4.78 is 1.92. The van der Waals surface area contributed by atoms with Crippen LogP contribution >= 0.6 is 0 Å². The molecule has 0 amide bonds. The zero-order valence-electron chi connectivity index (χ0n) is 8.60. The predicted molar refractivity (Wildman–Crippen MR) is 53.2 cm³/mol. The molecule has 1 aromatic heterocycles. The van der Waals surface area contributed by atoms with E-state index in [2.05, 4.69) is 18.8 Å². The van der Waals surface area contributed by atoms with Crippen molar-refractivity contribution in [3.63, 3.8) is 0 Å². The summed E-state index contributed by atoms with van der Waals surface area (Å²) >= 11 is 0. The van der Waals surface area contributed by atoms with Gasteiger partial charge in [-0.05, 0) is 6.42 Å². The van der Waals surface area contributed by atoms with E-state index in [1.807, 2.05) is 10.8 Å². The number of rotatable bonds is 5. The van der Waals surface area contributed by atoms with Crippen LogP contribution in [0.2, 0.25) is 0 Å². The Morgan fingerprint density at radius 2 is 2.43 bits per heavy atom. The standard InChI is InChI=1S/C10H16N2O2/c1-3-8(2)10-11-5-7-12(10)6-4-9(13)14/h5,7-8H,3-4,6H2,1-2H3,(H,13,14). The van der Waals surface area contributed by atoms with Gasteiger partial charge in [-0.1, -0.05) is 13.8 Å². The van der Waals surface area contributed by atoms with Gasteiger partial charge in [-0.2, -0.15) is 0 Å².